The lowest BCUT2D eigenvalue weighted by molar-refractivity contribution is -0.132. The fraction of sp³-hybridized carbons (Fsp3) is 0.185. The predicted octanol–water partition coefficient (Wildman–Crippen LogP) is 4.36. The fourth-order valence-electron chi connectivity index (χ4n) is 4.60. The molecule has 2 atom stereocenters. The zero-order valence-corrected chi connectivity index (χ0v) is 18.6. The van der Waals surface area contributed by atoms with Gasteiger partial charge in [0.05, 0.1) is 17.3 Å². The summed E-state index contributed by atoms with van der Waals surface area (Å²) >= 11 is 0. The van der Waals surface area contributed by atoms with E-state index >= 15 is 0 Å². The van der Waals surface area contributed by atoms with Crippen LogP contribution in [0, 0.1) is 6.92 Å². The van der Waals surface area contributed by atoms with Gasteiger partial charge in [-0.25, -0.2) is 0 Å². The lowest BCUT2D eigenvalue weighted by Crippen LogP contribution is -2.29. The number of rotatable bonds is 3. The molecule has 2 aliphatic heterocycles. The Kier molecular flexibility index (Phi) is 5.05. The number of Topliss-reactive ketones (excluding diaryl/α,β-unsaturated/α-hetero) is 1. The van der Waals surface area contributed by atoms with E-state index in [1.54, 1.807) is 42.5 Å². The minimum Gasteiger partial charge on any atom is -0.508 e. The molecule has 0 spiro atoms. The predicted molar refractivity (Wildman–Crippen MR) is 126 cm³/mol. The first-order chi connectivity index (χ1) is 16.2. The topological polar surface area (TPSA) is 107 Å². The van der Waals surface area contributed by atoms with Crippen LogP contribution in [0.25, 0.3) is 5.76 Å². The zero-order chi connectivity index (χ0) is 24.1. The maximum atomic E-state index is 13.3. The van der Waals surface area contributed by atoms with Gasteiger partial charge in [-0.3, -0.25) is 14.5 Å². The first kappa shape index (κ1) is 21.6. The van der Waals surface area contributed by atoms with Crippen LogP contribution in [0.5, 0.6) is 17.2 Å². The van der Waals surface area contributed by atoms with Gasteiger partial charge in [-0.05, 0) is 73.0 Å². The second-order valence-corrected chi connectivity index (χ2v) is 8.71. The Balaban J connectivity index is 1.71. The van der Waals surface area contributed by atoms with Gasteiger partial charge in [0.15, 0.2) is 0 Å². The molecule has 2 unspecified atom stereocenters. The molecule has 0 saturated carbocycles. The second kappa shape index (κ2) is 7.95. The monoisotopic (exact) mass is 457 g/mol. The number of hydrogen-bond acceptors (Lipinski definition) is 6. The smallest absolute Gasteiger partial charge is 0.300 e. The van der Waals surface area contributed by atoms with Crippen LogP contribution in [0.2, 0.25) is 0 Å². The third-order valence-electron chi connectivity index (χ3n) is 6.21. The number of fused-ring (bicyclic) bond motifs is 1. The van der Waals surface area contributed by atoms with Crippen LogP contribution in [0.4, 0.5) is 5.69 Å². The lowest BCUT2D eigenvalue weighted by Gasteiger charge is -2.26. The average molecular weight is 457 g/mol. The number of anilines is 1. The van der Waals surface area contributed by atoms with Gasteiger partial charge in [0.25, 0.3) is 11.7 Å². The van der Waals surface area contributed by atoms with Crippen LogP contribution in [0.15, 0.2) is 66.2 Å². The molecule has 5 rings (SSSR count). The SMILES string of the molecule is Cc1ccc(O)c(N2C(=O)C(=O)/C(=C(\O)c3ccc4c(c3)CC(C)O4)C2c2ccc(O)cc2)c1. The summed E-state index contributed by atoms with van der Waals surface area (Å²) in [5.74, 6) is -1.45. The lowest BCUT2D eigenvalue weighted by atomic mass is 9.94. The Morgan fingerprint density at radius 1 is 1.00 bits per heavy atom. The Bertz CT molecular complexity index is 1360. The number of aromatic hydroxyl groups is 2. The number of amides is 1. The third kappa shape index (κ3) is 3.46. The number of aliphatic hydroxyl groups is 1. The standard InChI is InChI=1S/C27H23NO6/c1-14-3-9-21(30)20(11-14)28-24(16-4-7-19(29)8-5-16)23(26(32)27(28)33)25(31)17-6-10-22-18(13-17)12-15(2)34-22/h3-11,13,15,24,29-31H,12H2,1-2H3/b25-23-. The van der Waals surface area contributed by atoms with Gasteiger partial charge in [0.2, 0.25) is 0 Å². The van der Waals surface area contributed by atoms with E-state index < -0.39 is 17.7 Å². The van der Waals surface area contributed by atoms with Crippen molar-refractivity contribution >= 4 is 23.1 Å². The molecule has 7 heteroatoms. The summed E-state index contributed by atoms with van der Waals surface area (Å²) in [6, 6.07) is 15.0. The number of hydrogen-bond donors (Lipinski definition) is 3. The Morgan fingerprint density at radius 2 is 1.74 bits per heavy atom. The van der Waals surface area contributed by atoms with Gasteiger partial charge in [-0.2, -0.15) is 0 Å². The number of phenolic OH excluding ortho intramolecular Hbond substituents is 2. The average Bonchev–Trinajstić information content (AvgIpc) is 3.31. The van der Waals surface area contributed by atoms with Gasteiger partial charge >= 0.3 is 0 Å². The minimum absolute atomic E-state index is 0.0132. The zero-order valence-electron chi connectivity index (χ0n) is 18.6. The maximum absolute atomic E-state index is 13.3. The highest BCUT2D eigenvalue weighted by molar-refractivity contribution is 6.52. The first-order valence-electron chi connectivity index (χ1n) is 10.9. The van der Waals surface area contributed by atoms with E-state index in [2.05, 4.69) is 0 Å². The van der Waals surface area contributed by atoms with Crippen molar-refractivity contribution in [2.45, 2.75) is 32.4 Å². The molecule has 0 aliphatic carbocycles. The van der Waals surface area contributed by atoms with Crippen molar-refractivity contribution in [2.75, 3.05) is 4.90 Å². The number of benzene rings is 3. The number of carbonyl (C=O) groups excluding carboxylic acids is 2. The normalized spacial score (nSPS) is 20.9. The number of ketones is 1. The molecule has 1 amide bonds. The molecule has 3 aromatic carbocycles. The largest absolute Gasteiger partial charge is 0.508 e. The van der Waals surface area contributed by atoms with Crippen LogP contribution in [0.1, 0.15) is 35.2 Å². The molecule has 2 heterocycles. The molecule has 34 heavy (non-hydrogen) atoms. The molecule has 0 radical (unpaired) electrons. The van der Waals surface area contributed by atoms with Crippen LogP contribution in [-0.4, -0.2) is 33.1 Å². The minimum atomic E-state index is -1.00. The molecule has 0 bridgehead atoms. The molecular formula is C27H23NO6. The van der Waals surface area contributed by atoms with E-state index in [9.17, 15) is 24.9 Å². The van der Waals surface area contributed by atoms with Crippen molar-refractivity contribution in [3.05, 3.63) is 88.5 Å². The van der Waals surface area contributed by atoms with E-state index in [1.165, 1.54) is 23.1 Å². The van der Waals surface area contributed by atoms with Crippen LogP contribution in [0.3, 0.4) is 0 Å². The molecule has 2 aliphatic rings. The van der Waals surface area contributed by atoms with Crippen molar-refractivity contribution in [3.63, 3.8) is 0 Å². The summed E-state index contributed by atoms with van der Waals surface area (Å²) < 4.78 is 5.73. The molecular weight excluding hydrogens is 434 g/mol. The molecule has 7 nitrogen and oxygen atoms in total. The van der Waals surface area contributed by atoms with Gasteiger partial charge in [0, 0.05) is 12.0 Å². The quantitative estimate of drug-likeness (QED) is 0.307. The summed E-state index contributed by atoms with van der Waals surface area (Å²) in [6.45, 7) is 3.76. The van der Waals surface area contributed by atoms with Gasteiger partial charge in [-0.15, -0.1) is 0 Å². The van der Waals surface area contributed by atoms with Gasteiger partial charge in [0.1, 0.15) is 29.1 Å². The van der Waals surface area contributed by atoms with Crippen molar-refractivity contribution in [3.8, 4) is 17.2 Å². The van der Waals surface area contributed by atoms with Crippen LogP contribution in [-0.2, 0) is 16.0 Å². The molecule has 1 saturated heterocycles. The van der Waals surface area contributed by atoms with E-state index in [0.29, 0.717) is 17.5 Å². The summed E-state index contributed by atoms with van der Waals surface area (Å²) in [5, 5.41) is 31.6. The molecule has 3 N–H and O–H groups in total. The van der Waals surface area contributed by atoms with Crippen molar-refractivity contribution in [1.82, 2.24) is 0 Å². The highest BCUT2D eigenvalue weighted by atomic mass is 16.5. The highest BCUT2D eigenvalue weighted by Gasteiger charge is 2.47. The van der Waals surface area contributed by atoms with Crippen LogP contribution < -0.4 is 9.64 Å². The Labute approximate surface area is 196 Å². The Hall–Kier alpha value is -4.26. The second-order valence-electron chi connectivity index (χ2n) is 8.71. The number of ether oxygens (including phenoxy) is 1. The van der Waals surface area contributed by atoms with Crippen LogP contribution >= 0.6 is 0 Å². The molecule has 172 valence electrons. The maximum Gasteiger partial charge on any atom is 0.300 e. The first-order valence-corrected chi connectivity index (χ1v) is 10.9. The van der Waals surface area contributed by atoms with E-state index in [0.717, 1.165) is 16.9 Å². The summed E-state index contributed by atoms with van der Waals surface area (Å²) in [6.07, 6.45) is 0.683. The van der Waals surface area contributed by atoms with E-state index in [1.807, 2.05) is 13.8 Å². The number of carbonyl (C=O) groups is 2. The molecule has 1 fully saturated rings. The van der Waals surface area contributed by atoms with Gasteiger partial charge < -0.3 is 20.1 Å². The number of nitrogens with zero attached hydrogens (tertiary/aromatic N) is 1. The summed E-state index contributed by atoms with van der Waals surface area (Å²) in [5.41, 5.74) is 2.65. The number of aliphatic hydroxyl groups excluding tert-OH is 1. The highest BCUT2D eigenvalue weighted by Crippen LogP contribution is 2.45. The molecule has 3 aromatic rings. The number of phenols is 2. The van der Waals surface area contributed by atoms with E-state index in [4.69, 9.17) is 4.74 Å². The van der Waals surface area contributed by atoms with Crippen molar-refractivity contribution < 1.29 is 29.6 Å². The van der Waals surface area contributed by atoms with E-state index in [-0.39, 0.29) is 34.6 Å². The molecule has 0 aromatic heterocycles. The van der Waals surface area contributed by atoms with Gasteiger partial charge in [-0.1, -0.05) is 18.2 Å². The fourth-order valence-corrected chi connectivity index (χ4v) is 4.60. The summed E-state index contributed by atoms with van der Waals surface area (Å²) in [7, 11) is 0. The van der Waals surface area contributed by atoms with Crippen molar-refractivity contribution in [2.24, 2.45) is 0 Å². The third-order valence-corrected chi connectivity index (χ3v) is 6.21. The number of aryl methyl sites for hydroxylation is 1. The summed E-state index contributed by atoms with van der Waals surface area (Å²) in [4.78, 5) is 27.7. The van der Waals surface area contributed by atoms with Crippen molar-refractivity contribution in [1.29, 1.82) is 0 Å². The Morgan fingerprint density at radius 3 is 2.47 bits per heavy atom.